The molecular formula is C20H28N2O3. The highest BCUT2D eigenvalue weighted by molar-refractivity contribution is 5.81. The second-order valence-electron chi connectivity index (χ2n) is 7.46. The van der Waals surface area contributed by atoms with Gasteiger partial charge >= 0.3 is 0 Å². The first-order chi connectivity index (χ1) is 12.0. The van der Waals surface area contributed by atoms with Crippen molar-refractivity contribution >= 4 is 11.8 Å². The second kappa shape index (κ2) is 8.00. The summed E-state index contributed by atoms with van der Waals surface area (Å²) in [4.78, 5) is 24.6. The van der Waals surface area contributed by atoms with Gasteiger partial charge in [0.05, 0.1) is 12.1 Å². The molecule has 2 aliphatic carbocycles. The Labute approximate surface area is 149 Å². The van der Waals surface area contributed by atoms with Crippen molar-refractivity contribution in [2.24, 2.45) is 5.92 Å². The lowest BCUT2D eigenvalue weighted by atomic mass is 9.88. The van der Waals surface area contributed by atoms with Crippen molar-refractivity contribution in [1.82, 2.24) is 10.6 Å². The Hall–Kier alpha value is -1.88. The van der Waals surface area contributed by atoms with Crippen LogP contribution in [0.25, 0.3) is 0 Å². The Morgan fingerprint density at radius 3 is 2.68 bits per heavy atom. The number of hydrogen-bond acceptors (Lipinski definition) is 3. The van der Waals surface area contributed by atoms with Crippen LogP contribution in [0.3, 0.4) is 0 Å². The van der Waals surface area contributed by atoms with Crippen LogP contribution in [0.15, 0.2) is 24.3 Å². The molecule has 0 heterocycles. The summed E-state index contributed by atoms with van der Waals surface area (Å²) in [5, 5.41) is 16.1. The van der Waals surface area contributed by atoms with E-state index in [2.05, 4.69) is 10.6 Å². The fourth-order valence-corrected chi connectivity index (χ4v) is 4.03. The van der Waals surface area contributed by atoms with E-state index in [4.69, 9.17) is 0 Å². The van der Waals surface area contributed by atoms with Gasteiger partial charge in [0.15, 0.2) is 0 Å². The van der Waals surface area contributed by atoms with E-state index >= 15 is 0 Å². The topological polar surface area (TPSA) is 78.4 Å². The summed E-state index contributed by atoms with van der Waals surface area (Å²) in [5.74, 6) is 0.0336. The maximum Gasteiger partial charge on any atom is 0.223 e. The number of amides is 2. The molecule has 3 atom stereocenters. The number of aliphatic hydroxyl groups excluding tert-OH is 1. The van der Waals surface area contributed by atoms with Crippen molar-refractivity contribution in [3.63, 3.8) is 0 Å². The van der Waals surface area contributed by atoms with Crippen molar-refractivity contribution < 1.29 is 14.7 Å². The lowest BCUT2D eigenvalue weighted by molar-refractivity contribution is -0.127. The summed E-state index contributed by atoms with van der Waals surface area (Å²) < 4.78 is 0. The second-order valence-corrected chi connectivity index (χ2v) is 7.46. The Balaban J connectivity index is 1.49. The van der Waals surface area contributed by atoms with Gasteiger partial charge in [0.2, 0.25) is 11.8 Å². The first-order valence-electron chi connectivity index (χ1n) is 9.40. The summed E-state index contributed by atoms with van der Waals surface area (Å²) in [6.45, 7) is 1.86. The molecule has 0 aromatic heterocycles. The van der Waals surface area contributed by atoms with E-state index in [-0.39, 0.29) is 36.2 Å². The molecule has 5 nitrogen and oxygen atoms in total. The van der Waals surface area contributed by atoms with Crippen molar-refractivity contribution in [3.8, 4) is 0 Å². The third-order valence-corrected chi connectivity index (χ3v) is 5.38. The van der Waals surface area contributed by atoms with E-state index in [0.717, 1.165) is 36.8 Å². The minimum absolute atomic E-state index is 0.0752. The van der Waals surface area contributed by atoms with Crippen LogP contribution in [-0.4, -0.2) is 29.1 Å². The van der Waals surface area contributed by atoms with Crippen molar-refractivity contribution in [2.75, 3.05) is 0 Å². The number of rotatable bonds is 5. The van der Waals surface area contributed by atoms with Gasteiger partial charge in [-0.3, -0.25) is 9.59 Å². The molecular weight excluding hydrogens is 316 g/mol. The van der Waals surface area contributed by atoms with Gasteiger partial charge in [-0.15, -0.1) is 0 Å². The van der Waals surface area contributed by atoms with Crippen LogP contribution in [0.2, 0.25) is 0 Å². The number of aliphatic hydroxyl groups is 1. The Kier molecular flexibility index (Phi) is 5.74. The summed E-state index contributed by atoms with van der Waals surface area (Å²) in [6.07, 6.45) is 5.56. The molecule has 3 N–H and O–H groups in total. The summed E-state index contributed by atoms with van der Waals surface area (Å²) in [7, 11) is 0. The normalized spacial score (nSPS) is 24.4. The third-order valence-electron chi connectivity index (χ3n) is 5.38. The molecule has 0 aliphatic heterocycles. The predicted molar refractivity (Wildman–Crippen MR) is 95.8 cm³/mol. The quantitative estimate of drug-likeness (QED) is 0.766. The average molecular weight is 344 g/mol. The highest BCUT2D eigenvalue weighted by Crippen LogP contribution is 2.31. The van der Waals surface area contributed by atoms with Gasteiger partial charge in [0.1, 0.15) is 0 Å². The Morgan fingerprint density at radius 1 is 1.20 bits per heavy atom. The molecule has 0 saturated heterocycles. The largest absolute Gasteiger partial charge is 0.390 e. The fourth-order valence-electron chi connectivity index (χ4n) is 4.03. The van der Waals surface area contributed by atoms with Gasteiger partial charge in [-0.1, -0.05) is 43.5 Å². The SMILES string of the molecule is CC(CC(=O)NC1c2ccccc2CC1O)NC(=O)C1CCCCC1. The molecule has 1 aromatic rings. The van der Waals surface area contributed by atoms with Crippen LogP contribution in [0.4, 0.5) is 0 Å². The minimum Gasteiger partial charge on any atom is -0.390 e. The molecule has 1 aromatic carbocycles. The van der Waals surface area contributed by atoms with Gasteiger partial charge in [0.25, 0.3) is 0 Å². The molecule has 2 aliphatic rings. The van der Waals surface area contributed by atoms with E-state index < -0.39 is 6.10 Å². The lowest BCUT2D eigenvalue weighted by Gasteiger charge is -2.24. The number of fused-ring (bicyclic) bond motifs is 1. The van der Waals surface area contributed by atoms with Gasteiger partial charge < -0.3 is 15.7 Å². The van der Waals surface area contributed by atoms with Crippen molar-refractivity contribution in [2.45, 2.75) is 70.1 Å². The van der Waals surface area contributed by atoms with Crippen LogP contribution in [0, 0.1) is 5.92 Å². The lowest BCUT2D eigenvalue weighted by Crippen LogP contribution is -2.42. The molecule has 1 saturated carbocycles. The zero-order valence-electron chi connectivity index (χ0n) is 14.8. The summed E-state index contributed by atoms with van der Waals surface area (Å²) in [6, 6.07) is 7.23. The molecule has 0 bridgehead atoms. The maximum atomic E-state index is 12.3. The Morgan fingerprint density at radius 2 is 1.92 bits per heavy atom. The van der Waals surface area contributed by atoms with Crippen LogP contribution >= 0.6 is 0 Å². The maximum absolute atomic E-state index is 12.3. The van der Waals surface area contributed by atoms with Crippen LogP contribution in [-0.2, 0) is 16.0 Å². The number of hydrogen-bond donors (Lipinski definition) is 3. The number of carbonyl (C=O) groups excluding carboxylic acids is 2. The monoisotopic (exact) mass is 344 g/mol. The third kappa shape index (κ3) is 4.40. The van der Waals surface area contributed by atoms with E-state index in [0.29, 0.717) is 6.42 Å². The van der Waals surface area contributed by atoms with Gasteiger partial charge in [0, 0.05) is 24.8 Å². The first-order valence-corrected chi connectivity index (χ1v) is 9.40. The fraction of sp³-hybridized carbons (Fsp3) is 0.600. The van der Waals surface area contributed by atoms with Crippen LogP contribution in [0.5, 0.6) is 0 Å². The molecule has 3 rings (SSSR count). The molecule has 2 amide bonds. The smallest absolute Gasteiger partial charge is 0.223 e. The van der Waals surface area contributed by atoms with Gasteiger partial charge in [-0.05, 0) is 30.9 Å². The first kappa shape index (κ1) is 17.9. The van der Waals surface area contributed by atoms with E-state index in [1.54, 1.807) is 0 Å². The number of nitrogens with one attached hydrogen (secondary N) is 2. The molecule has 5 heteroatoms. The molecule has 3 unspecified atom stereocenters. The molecule has 0 radical (unpaired) electrons. The standard InChI is InChI=1S/C20H28N2O3/c1-13(21-20(25)14-7-3-2-4-8-14)11-18(24)22-19-16-10-6-5-9-15(16)12-17(19)23/h5-6,9-10,13-14,17,19,23H,2-4,7-8,11-12H2,1H3,(H,21,25)(H,22,24). The summed E-state index contributed by atoms with van der Waals surface area (Å²) >= 11 is 0. The van der Waals surface area contributed by atoms with E-state index in [1.807, 2.05) is 31.2 Å². The van der Waals surface area contributed by atoms with Crippen LogP contribution < -0.4 is 10.6 Å². The zero-order chi connectivity index (χ0) is 17.8. The molecule has 136 valence electrons. The Bertz CT molecular complexity index is 625. The molecule has 25 heavy (non-hydrogen) atoms. The highest BCUT2D eigenvalue weighted by atomic mass is 16.3. The van der Waals surface area contributed by atoms with Crippen LogP contribution in [0.1, 0.15) is 62.6 Å². The highest BCUT2D eigenvalue weighted by Gasteiger charge is 2.32. The minimum atomic E-state index is -0.589. The van der Waals surface area contributed by atoms with Crippen molar-refractivity contribution in [1.29, 1.82) is 0 Å². The van der Waals surface area contributed by atoms with Crippen molar-refractivity contribution in [3.05, 3.63) is 35.4 Å². The van der Waals surface area contributed by atoms with Gasteiger partial charge in [-0.25, -0.2) is 0 Å². The molecule has 0 spiro atoms. The predicted octanol–water partition coefficient (Wildman–Crippen LogP) is 2.24. The van der Waals surface area contributed by atoms with E-state index in [9.17, 15) is 14.7 Å². The number of carbonyl (C=O) groups is 2. The van der Waals surface area contributed by atoms with E-state index in [1.165, 1.54) is 6.42 Å². The zero-order valence-corrected chi connectivity index (χ0v) is 14.8. The van der Waals surface area contributed by atoms with Gasteiger partial charge in [-0.2, -0.15) is 0 Å². The summed E-state index contributed by atoms with van der Waals surface area (Å²) in [5.41, 5.74) is 2.07. The number of benzene rings is 1. The average Bonchev–Trinajstić information content (AvgIpc) is 2.91. The molecule has 1 fully saturated rings.